The fourth-order valence-electron chi connectivity index (χ4n) is 3.34. The fourth-order valence-corrected chi connectivity index (χ4v) is 5.81. The van der Waals surface area contributed by atoms with Crippen LogP contribution in [0.15, 0.2) is 30.3 Å². The van der Waals surface area contributed by atoms with Crippen LogP contribution in [0.4, 0.5) is 0 Å². The summed E-state index contributed by atoms with van der Waals surface area (Å²) in [5.74, 6) is -0.397. The maximum atomic E-state index is 12.2. The molecule has 0 aliphatic carbocycles. The van der Waals surface area contributed by atoms with Gasteiger partial charge in [-0.05, 0) is 29.6 Å². The highest BCUT2D eigenvalue weighted by molar-refractivity contribution is 6.74. The van der Waals surface area contributed by atoms with Gasteiger partial charge in [0.2, 0.25) is 0 Å². The topological polar surface area (TPSA) is 94.5 Å². The van der Waals surface area contributed by atoms with Gasteiger partial charge in [-0.2, -0.15) is 0 Å². The van der Waals surface area contributed by atoms with Crippen LogP contribution in [0.5, 0.6) is 0 Å². The second-order valence-corrected chi connectivity index (χ2v) is 13.7. The molecule has 0 aromatic heterocycles. The Labute approximate surface area is 180 Å². The zero-order chi connectivity index (χ0) is 22.7. The van der Waals surface area contributed by atoms with Crippen LogP contribution in [0.1, 0.15) is 33.3 Å². The minimum Gasteiger partial charge on any atom is -0.467 e. The molecule has 5 atom stereocenters. The molecule has 0 bridgehead atoms. The molecule has 7 nitrogen and oxygen atoms in total. The number of rotatable bonds is 8. The van der Waals surface area contributed by atoms with Crippen LogP contribution in [0.3, 0.4) is 0 Å². The lowest BCUT2D eigenvalue weighted by Gasteiger charge is -2.48. The molecular formula is C22H36O7Si. The molecule has 0 amide bonds. The van der Waals surface area contributed by atoms with Gasteiger partial charge in [0, 0.05) is 0 Å². The summed E-state index contributed by atoms with van der Waals surface area (Å²) in [6.45, 7) is 12.8. The van der Waals surface area contributed by atoms with Crippen molar-refractivity contribution in [2.45, 2.75) is 83.1 Å². The normalized spacial score (nSPS) is 27.9. The van der Waals surface area contributed by atoms with Gasteiger partial charge < -0.3 is 28.8 Å². The van der Waals surface area contributed by atoms with Gasteiger partial charge in [-0.1, -0.05) is 58.0 Å². The second kappa shape index (κ2) is 9.89. The predicted molar refractivity (Wildman–Crippen MR) is 115 cm³/mol. The van der Waals surface area contributed by atoms with Crippen LogP contribution >= 0.6 is 0 Å². The van der Waals surface area contributed by atoms with Crippen molar-refractivity contribution in [1.29, 1.82) is 0 Å². The summed E-state index contributed by atoms with van der Waals surface area (Å²) < 4.78 is 22.7. The summed E-state index contributed by atoms with van der Waals surface area (Å²) in [6, 6.07) is 9.40. The molecule has 1 heterocycles. The Morgan fingerprint density at radius 1 is 1.17 bits per heavy atom. The van der Waals surface area contributed by atoms with E-state index in [1.54, 1.807) is 0 Å². The molecule has 170 valence electrons. The largest absolute Gasteiger partial charge is 0.467 e. The van der Waals surface area contributed by atoms with E-state index < -0.39 is 45.0 Å². The zero-order valence-corrected chi connectivity index (χ0v) is 20.0. The van der Waals surface area contributed by atoms with Crippen LogP contribution in [0, 0.1) is 5.92 Å². The smallest absolute Gasteiger partial charge is 0.337 e. The van der Waals surface area contributed by atoms with E-state index in [1.807, 2.05) is 30.3 Å². The summed E-state index contributed by atoms with van der Waals surface area (Å²) in [6.07, 6.45) is -6.15. The minimum atomic E-state index is -2.41. The molecule has 30 heavy (non-hydrogen) atoms. The lowest BCUT2D eigenvalue weighted by molar-refractivity contribution is -0.284. The van der Waals surface area contributed by atoms with Gasteiger partial charge in [-0.15, -0.1) is 0 Å². The summed E-state index contributed by atoms with van der Waals surface area (Å²) in [4.78, 5) is 12.2. The Bertz CT molecular complexity index is 692. The summed E-state index contributed by atoms with van der Waals surface area (Å²) in [5.41, 5.74) is 0.881. The van der Waals surface area contributed by atoms with Crippen molar-refractivity contribution in [3.63, 3.8) is 0 Å². The highest BCUT2D eigenvalue weighted by Gasteiger charge is 2.53. The van der Waals surface area contributed by atoms with Gasteiger partial charge in [-0.25, -0.2) is 4.79 Å². The Morgan fingerprint density at radius 2 is 1.77 bits per heavy atom. The monoisotopic (exact) mass is 440 g/mol. The highest BCUT2D eigenvalue weighted by atomic mass is 28.4. The first-order chi connectivity index (χ1) is 13.9. The number of carbonyl (C=O) groups excluding carboxylic acids is 1. The van der Waals surface area contributed by atoms with Crippen LogP contribution < -0.4 is 0 Å². The van der Waals surface area contributed by atoms with Crippen LogP contribution in [-0.2, 0) is 30.0 Å². The third-order valence-electron chi connectivity index (χ3n) is 6.67. The fraction of sp³-hybridized carbons (Fsp3) is 0.682. The molecule has 0 unspecified atom stereocenters. The molecule has 0 radical (unpaired) electrons. The molecule has 1 aromatic carbocycles. The van der Waals surface area contributed by atoms with Crippen molar-refractivity contribution in [3.8, 4) is 0 Å². The molecule has 1 saturated heterocycles. The lowest BCUT2D eigenvalue weighted by atomic mass is 9.98. The molecule has 8 heteroatoms. The van der Waals surface area contributed by atoms with Crippen molar-refractivity contribution in [3.05, 3.63) is 35.9 Å². The lowest BCUT2D eigenvalue weighted by Crippen LogP contribution is -2.63. The number of hydrogen-bond donors (Lipinski definition) is 2. The number of benzene rings is 1. The zero-order valence-electron chi connectivity index (χ0n) is 19.0. The Hall–Kier alpha value is -1.29. The van der Waals surface area contributed by atoms with E-state index in [9.17, 15) is 15.0 Å². The summed E-state index contributed by atoms with van der Waals surface area (Å²) in [5, 5.41) is 21.5. The number of methoxy groups -OCH3 is 1. The van der Waals surface area contributed by atoms with Gasteiger partial charge in [0.15, 0.2) is 20.7 Å². The van der Waals surface area contributed by atoms with Gasteiger partial charge >= 0.3 is 5.97 Å². The van der Waals surface area contributed by atoms with Crippen LogP contribution in [0.25, 0.3) is 0 Å². The van der Waals surface area contributed by atoms with E-state index in [0.717, 1.165) is 5.56 Å². The quantitative estimate of drug-likeness (QED) is 0.474. The Balaban J connectivity index is 2.25. The van der Waals surface area contributed by atoms with Crippen molar-refractivity contribution in [2.24, 2.45) is 5.92 Å². The van der Waals surface area contributed by atoms with Crippen molar-refractivity contribution in [2.75, 3.05) is 7.11 Å². The Kier molecular flexibility index (Phi) is 8.23. The molecule has 2 rings (SSSR count). The Morgan fingerprint density at radius 3 is 2.30 bits per heavy atom. The van der Waals surface area contributed by atoms with Gasteiger partial charge in [0.05, 0.1) is 13.7 Å². The number of aliphatic hydroxyl groups excluding tert-OH is 2. The maximum Gasteiger partial charge on any atom is 0.337 e. The highest BCUT2D eigenvalue weighted by Crippen LogP contribution is 2.46. The van der Waals surface area contributed by atoms with E-state index in [1.165, 1.54) is 7.11 Å². The molecule has 2 N–H and O–H groups in total. The van der Waals surface area contributed by atoms with Crippen molar-refractivity contribution >= 4 is 14.3 Å². The molecule has 1 aliphatic rings. The molecule has 1 aliphatic heterocycles. The number of hydrogen-bond acceptors (Lipinski definition) is 7. The number of carbonyl (C=O) groups is 1. The first-order valence-corrected chi connectivity index (χ1v) is 13.3. The number of ether oxygens (including phenoxy) is 3. The first kappa shape index (κ1) is 25.0. The third-order valence-corrected chi connectivity index (χ3v) is 11.2. The van der Waals surface area contributed by atoms with Crippen molar-refractivity contribution in [1.82, 2.24) is 0 Å². The van der Waals surface area contributed by atoms with Gasteiger partial charge in [0.1, 0.15) is 18.3 Å². The van der Waals surface area contributed by atoms with Crippen molar-refractivity contribution < 1.29 is 33.6 Å². The number of aliphatic hydroxyl groups is 2. The molecular weight excluding hydrogens is 404 g/mol. The van der Waals surface area contributed by atoms with E-state index >= 15 is 0 Å². The van der Waals surface area contributed by atoms with E-state index in [4.69, 9.17) is 18.6 Å². The minimum absolute atomic E-state index is 0.132. The molecule has 0 spiro atoms. The predicted octanol–water partition coefficient (Wildman–Crippen LogP) is 2.85. The molecule has 1 fully saturated rings. The van der Waals surface area contributed by atoms with E-state index in [2.05, 4.69) is 40.8 Å². The summed E-state index contributed by atoms with van der Waals surface area (Å²) >= 11 is 0. The maximum absolute atomic E-state index is 12.2. The second-order valence-electron chi connectivity index (χ2n) is 9.20. The summed E-state index contributed by atoms with van der Waals surface area (Å²) in [7, 11) is -1.19. The average molecular weight is 441 g/mol. The average Bonchev–Trinajstić information content (AvgIpc) is 2.69. The SMILES string of the molecule is COC(=O)[C@@H]1O[C@H](O[Si](C)(C)C(C)(C)C(C)C)[C@H](O)[C@@H](OCc2ccccc2)[C@@H]1O. The number of esters is 1. The van der Waals surface area contributed by atoms with E-state index in [-0.39, 0.29) is 11.6 Å². The standard InChI is InChI=1S/C22H36O7Si/c1-14(2)22(3,4)30(6,7)29-21-17(24)18(16(23)19(28-21)20(25)26-5)27-13-15-11-9-8-10-12-15/h8-12,14,16-19,21,23-24H,13H2,1-7H3/t16-,17+,18-,19+,21+/m0/s1. The molecule has 1 aromatic rings. The van der Waals surface area contributed by atoms with E-state index in [0.29, 0.717) is 5.92 Å². The van der Waals surface area contributed by atoms with Gasteiger partial charge in [-0.3, -0.25) is 0 Å². The van der Waals surface area contributed by atoms with Gasteiger partial charge in [0.25, 0.3) is 0 Å². The molecule has 0 saturated carbocycles. The van der Waals surface area contributed by atoms with Crippen LogP contribution in [0.2, 0.25) is 18.1 Å². The first-order valence-electron chi connectivity index (χ1n) is 10.3. The van der Waals surface area contributed by atoms with Crippen LogP contribution in [-0.4, -0.2) is 62.3 Å². The third kappa shape index (κ3) is 5.30.